The van der Waals surface area contributed by atoms with Crippen LogP contribution in [-0.2, 0) is 19.3 Å². The number of benzene rings is 2. The van der Waals surface area contributed by atoms with Crippen LogP contribution in [0.3, 0.4) is 0 Å². The van der Waals surface area contributed by atoms with Crippen LogP contribution in [0.4, 0.5) is 11.4 Å². The summed E-state index contributed by atoms with van der Waals surface area (Å²) in [6.07, 6.45) is 9.73. The van der Waals surface area contributed by atoms with Gasteiger partial charge in [-0.3, -0.25) is 4.98 Å². The van der Waals surface area contributed by atoms with E-state index >= 15 is 0 Å². The van der Waals surface area contributed by atoms with Crippen LogP contribution in [0.15, 0.2) is 60.9 Å². The van der Waals surface area contributed by atoms with Crippen molar-refractivity contribution in [1.82, 2.24) is 10.3 Å². The highest BCUT2D eigenvalue weighted by Crippen LogP contribution is 2.34. The van der Waals surface area contributed by atoms with Crippen molar-refractivity contribution in [2.45, 2.75) is 44.6 Å². The van der Waals surface area contributed by atoms with E-state index in [0.29, 0.717) is 12.0 Å². The summed E-state index contributed by atoms with van der Waals surface area (Å²) < 4.78 is 0. The Morgan fingerprint density at radius 3 is 2.67 bits per heavy atom. The van der Waals surface area contributed by atoms with Gasteiger partial charge in [0.05, 0.1) is 5.56 Å². The first kappa shape index (κ1) is 21.7. The van der Waals surface area contributed by atoms with Gasteiger partial charge in [0.2, 0.25) is 0 Å². The van der Waals surface area contributed by atoms with Gasteiger partial charge in [0, 0.05) is 36.9 Å². The molecule has 1 aliphatic carbocycles. The Hall–Kier alpha value is -3.18. The van der Waals surface area contributed by atoms with Crippen molar-refractivity contribution in [2.24, 2.45) is 5.92 Å². The molecule has 2 aliphatic rings. The van der Waals surface area contributed by atoms with E-state index in [1.54, 1.807) is 18.5 Å². The molecule has 5 rings (SSSR count). The van der Waals surface area contributed by atoms with Crippen LogP contribution >= 0.6 is 0 Å². The smallest absolute Gasteiger partial charge is 0.336 e. The first-order chi connectivity index (χ1) is 16.1. The first-order valence-corrected chi connectivity index (χ1v) is 11.9. The fourth-order valence-electron chi connectivity index (χ4n) is 4.90. The molecule has 0 bridgehead atoms. The lowest BCUT2D eigenvalue weighted by Crippen LogP contribution is -2.30. The van der Waals surface area contributed by atoms with E-state index in [0.717, 1.165) is 30.9 Å². The largest absolute Gasteiger partial charge is 0.478 e. The van der Waals surface area contributed by atoms with Crippen LogP contribution < -0.4 is 10.2 Å². The fraction of sp³-hybridized carbons (Fsp3) is 0.357. The number of carboxylic acids is 1. The Morgan fingerprint density at radius 2 is 1.91 bits per heavy atom. The lowest BCUT2D eigenvalue weighted by molar-refractivity contribution is 0.0695. The molecule has 1 aliphatic heterocycles. The molecule has 33 heavy (non-hydrogen) atoms. The minimum atomic E-state index is -0.891. The van der Waals surface area contributed by atoms with Crippen molar-refractivity contribution in [3.05, 3.63) is 88.7 Å². The van der Waals surface area contributed by atoms with Gasteiger partial charge in [0.1, 0.15) is 0 Å². The zero-order valence-electron chi connectivity index (χ0n) is 19.1. The number of nitrogens with one attached hydrogen (secondary N) is 1. The SMILES string of the molecule is CN(c1ccc(CC2CC2)cc1)c1ccc2c(c1)CCN[C@@H]2CCc1cnccc1C(=O)O. The average molecular weight is 442 g/mol. The van der Waals surface area contributed by atoms with E-state index in [1.165, 1.54) is 47.3 Å². The van der Waals surface area contributed by atoms with E-state index in [-0.39, 0.29) is 6.04 Å². The Balaban J connectivity index is 1.29. The van der Waals surface area contributed by atoms with Crippen LogP contribution in [0.25, 0.3) is 0 Å². The molecule has 1 aromatic heterocycles. The lowest BCUT2D eigenvalue weighted by Gasteiger charge is -2.29. The number of hydrogen-bond acceptors (Lipinski definition) is 4. The summed E-state index contributed by atoms with van der Waals surface area (Å²) in [5.41, 5.74) is 7.68. The number of aromatic carboxylic acids is 1. The van der Waals surface area contributed by atoms with Gasteiger partial charge < -0.3 is 15.3 Å². The summed E-state index contributed by atoms with van der Waals surface area (Å²) in [6.45, 7) is 0.930. The Kier molecular flexibility index (Phi) is 6.14. The average Bonchev–Trinajstić information content (AvgIpc) is 3.66. The molecule has 2 aromatic carbocycles. The Morgan fingerprint density at radius 1 is 1.12 bits per heavy atom. The van der Waals surface area contributed by atoms with E-state index in [9.17, 15) is 9.90 Å². The molecular formula is C28H31N3O2. The van der Waals surface area contributed by atoms with Crippen LogP contribution in [0.1, 0.15) is 57.9 Å². The van der Waals surface area contributed by atoms with Crippen molar-refractivity contribution in [3.8, 4) is 0 Å². The molecule has 1 saturated carbocycles. The minimum Gasteiger partial charge on any atom is -0.478 e. The van der Waals surface area contributed by atoms with Gasteiger partial charge in [0.25, 0.3) is 0 Å². The van der Waals surface area contributed by atoms with Gasteiger partial charge in [-0.1, -0.05) is 18.2 Å². The van der Waals surface area contributed by atoms with E-state index in [1.807, 2.05) is 0 Å². The number of hydrogen-bond donors (Lipinski definition) is 2. The lowest BCUT2D eigenvalue weighted by atomic mass is 9.89. The van der Waals surface area contributed by atoms with Crippen molar-refractivity contribution in [2.75, 3.05) is 18.5 Å². The van der Waals surface area contributed by atoms with E-state index < -0.39 is 5.97 Å². The first-order valence-electron chi connectivity index (χ1n) is 11.9. The summed E-state index contributed by atoms with van der Waals surface area (Å²) in [7, 11) is 2.13. The van der Waals surface area contributed by atoms with Gasteiger partial charge in [-0.2, -0.15) is 0 Å². The van der Waals surface area contributed by atoms with Crippen molar-refractivity contribution in [1.29, 1.82) is 0 Å². The number of aryl methyl sites for hydroxylation is 1. The Bertz CT molecular complexity index is 1140. The molecule has 0 radical (unpaired) electrons. The molecule has 5 heteroatoms. The van der Waals surface area contributed by atoms with Crippen LogP contribution in [-0.4, -0.2) is 29.7 Å². The normalized spacial score (nSPS) is 17.4. The molecule has 0 saturated heterocycles. The molecule has 0 spiro atoms. The summed E-state index contributed by atoms with van der Waals surface area (Å²) in [6, 6.07) is 17.6. The predicted molar refractivity (Wildman–Crippen MR) is 131 cm³/mol. The topological polar surface area (TPSA) is 65.5 Å². The third-order valence-corrected chi connectivity index (χ3v) is 7.06. The number of anilines is 2. The maximum absolute atomic E-state index is 11.5. The zero-order chi connectivity index (χ0) is 22.8. The summed E-state index contributed by atoms with van der Waals surface area (Å²) in [5, 5.41) is 13.1. The van der Waals surface area contributed by atoms with Gasteiger partial charge in [-0.15, -0.1) is 0 Å². The van der Waals surface area contributed by atoms with Gasteiger partial charge in [-0.25, -0.2) is 4.79 Å². The number of carboxylic acid groups (broad SMARTS) is 1. The maximum atomic E-state index is 11.5. The Labute approximate surface area is 195 Å². The fourth-order valence-corrected chi connectivity index (χ4v) is 4.90. The van der Waals surface area contributed by atoms with Crippen molar-refractivity contribution >= 4 is 17.3 Å². The molecule has 1 atom stereocenters. The summed E-state index contributed by atoms with van der Waals surface area (Å²) in [4.78, 5) is 17.9. The summed E-state index contributed by atoms with van der Waals surface area (Å²) in [5.74, 6) is 0.0160. The van der Waals surface area contributed by atoms with Crippen molar-refractivity contribution < 1.29 is 9.90 Å². The molecule has 5 nitrogen and oxygen atoms in total. The van der Waals surface area contributed by atoms with Crippen molar-refractivity contribution in [3.63, 3.8) is 0 Å². The second kappa shape index (κ2) is 9.36. The number of carbonyl (C=O) groups is 1. The highest BCUT2D eigenvalue weighted by atomic mass is 16.4. The second-order valence-electron chi connectivity index (χ2n) is 9.39. The monoisotopic (exact) mass is 441 g/mol. The molecule has 0 unspecified atom stereocenters. The number of pyridine rings is 1. The van der Waals surface area contributed by atoms with Gasteiger partial charge >= 0.3 is 5.97 Å². The van der Waals surface area contributed by atoms with Crippen LogP contribution in [0, 0.1) is 5.92 Å². The molecule has 0 amide bonds. The molecule has 3 aromatic rings. The standard InChI is InChI=1S/C28H31N3O2/c1-31(23-7-4-20(5-8-23)16-19-2-3-19)24-9-10-25-21(17-24)12-15-30-27(25)11-6-22-18-29-14-13-26(22)28(32)33/h4-5,7-10,13-14,17-19,27,30H,2-3,6,11-12,15-16H2,1H3,(H,32,33)/t27-/m1/s1. The minimum absolute atomic E-state index is 0.219. The van der Waals surface area contributed by atoms with E-state index in [2.05, 4.69) is 64.7 Å². The third-order valence-electron chi connectivity index (χ3n) is 7.06. The third kappa shape index (κ3) is 4.93. The number of rotatable bonds is 8. The molecular weight excluding hydrogens is 410 g/mol. The number of aromatic nitrogens is 1. The van der Waals surface area contributed by atoms with Crippen LogP contribution in [0.5, 0.6) is 0 Å². The second-order valence-corrected chi connectivity index (χ2v) is 9.39. The maximum Gasteiger partial charge on any atom is 0.336 e. The molecule has 170 valence electrons. The molecule has 2 N–H and O–H groups in total. The van der Waals surface area contributed by atoms with Gasteiger partial charge in [0.15, 0.2) is 0 Å². The number of fused-ring (bicyclic) bond motifs is 1. The summed E-state index contributed by atoms with van der Waals surface area (Å²) >= 11 is 0. The van der Waals surface area contributed by atoms with E-state index in [4.69, 9.17) is 0 Å². The highest BCUT2D eigenvalue weighted by Gasteiger charge is 2.23. The molecule has 1 fully saturated rings. The quantitative estimate of drug-likeness (QED) is 0.495. The number of nitrogens with zero attached hydrogens (tertiary/aromatic N) is 2. The molecule has 2 heterocycles. The van der Waals surface area contributed by atoms with Gasteiger partial charge in [-0.05, 0) is 104 Å². The zero-order valence-corrected chi connectivity index (χ0v) is 19.1. The highest BCUT2D eigenvalue weighted by molar-refractivity contribution is 5.89. The predicted octanol–water partition coefficient (Wildman–Crippen LogP) is 5.32. The van der Waals surface area contributed by atoms with Crippen LogP contribution in [0.2, 0.25) is 0 Å².